The van der Waals surface area contributed by atoms with Crippen molar-refractivity contribution in [2.24, 2.45) is 0 Å². The van der Waals surface area contributed by atoms with Crippen LogP contribution in [0.4, 0.5) is 11.5 Å². The summed E-state index contributed by atoms with van der Waals surface area (Å²) in [6.45, 7) is 1.52. The highest BCUT2D eigenvalue weighted by molar-refractivity contribution is 5.67. The maximum atomic E-state index is 9.13. The van der Waals surface area contributed by atoms with Gasteiger partial charge in [-0.15, -0.1) is 0 Å². The Labute approximate surface area is 101 Å². The fourth-order valence-electron chi connectivity index (χ4n) is 2.33. The molecule has 2 rings (SSSR count). The Morgan fingerprint density at radius 3 is 2.94 bits per heavy atom. The Morgan fingerprint density at radius 2 is 2.41 bits per heavy atom. The maximum absolute atomic E-state index is 9.13. The quantitative estimate of drug-likeness (QED) is 0.853. The van der Waals surface area contributed by atoms with E-state index < -0.39 is 0 Å². The zero-order valence-corrected chi connectivity index (χ0v) is 10.3. The van der Waals surface area contributed by atoms with Crippen LogP contribution >= 0.6 is 0 Å². The van der Waals surface area contributed by atoms with Crippen molar-refractivity contribution in [3.05, 3.63) is 11.8 Å². The van der Waals surface area contributed by atoms with Gasteiger partial charge in [0.15, 0.2) is 0 Å². The van der Waals surface area contributed by atoms with Gasteiger partial charge in [0.05, 0.1) is 18.3 Å². The number of hydrogen-bond donors (Lipinski definition) is 1. The topological polar surface area (TPSA) is 67.2 Å². The minimum atomic E-state index is 0.201. The van der Waals surface area contributed by atoms with E-state index in [1.54, 1.807) is 6.07 Å². The molecule has 0 spiro atoms. The van der Waals surface area contributed by atoms with E-state index in [2.05, 4.69) is 6.07 Å². The number of nitriles is 1. The Hall–Kier alpha value is -1.67. The van der Waals surface area contributed by atoms with Crippen LogP contribution in [-0.2, 0) is 11.3 Å². The zero-order valence-electron chi connectivity index (χ0n) is 10.3. The maximum Gasteiger partial charge on any atom is 0.132 e. The molecular formula is C12H18N4O. The van der Waals surface area contributed by atoms with Crippen molar-refractivity contribution in [3.63, 3.8) is 0 Å². The Balaban J connectivity index is 2.32. The van der Waals surface area contributed by atoms with Crippen molar-refractivity contribution in [2.45, 2.75) is 25.5 Å². The number of nitrogen functional groups attached to an aromatic ring is 1. The van der Waals surface area contributed by atoms with Crippen LogP contribution in [0.1, 0.15) is 18.5 Å². The van der Waals surface area contributed by atoms with Gasteiger partial charge in [-0.3, -0.25) is 0 Å². The van der Waals surface area contributed by atoms with E-state index in [-0.39, 0.29) is 6.10 Å². The summed E-state index contributed by atoms with van der Waals surface area (Å²) < 4.78 is 7.56. The molecular weight excluding hydrogens is 216 g/mol. The lowest BCUT2D eigenvalue weighted by Crippen LogP contribution is -2.21. The van der Waals surface area contributed by atoms with Gasteiger partial charge >= 0.3 is 0 Å². The molecule has 0 saturated carbocycles. The molecule has 1 aliphatic rings. The van der Waals surface area contributed by atoms with E-state index in [9.17, 15) is 0 Å². The molecule has 0 radical (unpaired) electrons. The van der Waals surface area contributed by atoms with Crippen LogP contribution in [0.25, 0.3) is 0 Å². The number of rotatable bonds is 3. The molecule has 0 aliphatic carbocycles. The molecule has 1 aromatic rings. The molecule has 0 amide bonds. The summed E-state index contributed by atoms with van der Waals surface area (Å²) in [6.07, 6.45) is 2.35. The molecule has 5 heteroatoms. The lowest BCUT2D eigenvalue weighted by Gasteiger charge is -2.20. The van der Waals surface area contributed by atoms with Gasteiger partial charge in [0.2, 0.25) is 0 Å². The molecule has 17 heavy (non-hydrogen) atoms. The summed E-state index contributed by atoms with van der Waals surface area (Å²) in [7, 11) is 3.86. The number of anilines is 2. The Kier molecular flexibility index (Phi) is 3.25. The van der Waals surface area contributed by atoms with Crippen molar-refractivity contribution < 1.29 is 4.74 Å². The van der Waals surface area contributed by atoms with E-state index in [0.29, 0.717) is 17.9 Å². The van der Waals surface area contributed by atoms with Crippen molar-refractivity contribution in [2.75, 3.05) is 31.3 Å². The van der Waals surface area contributed by atoms with Crippen molar-refractivity contribution in [1.29, 1.82) is 5.26 Å². The largest absolute Gasteiger partial charge is 0.396 e. The molecule has 0 bridgehead atoms. The number of ether oxygens (including phenoxy) is 1. The number of hydrogen-bond acceptors (Lipinski definition) is 4. The minimum absolute atomic E-state index is 0.201. The van der Waals surface area contributed by atoms with Crippen LogP contribution in [-0.4, -0.2) is 31.4 Å². The molecule has 0 aromatic carbocycles. The van der Waals surface area contributed by atoms with E-state index in [1.807, 2.05) is 23.6 Å². The first-order valence-corrected chi connectivity index (χ1v) is 5.81. The lowest BCUT2D eigenvalue weighted by molar-refractivity contribution is 0.0972. The molecule has 1 aliphatic heterocycles. The molecule has 1 atom stereocenters. The highest BCUT2D eigenvalue weighted by Gasteiger charge is 2.21. The van der Waals surface area contributed by atoms with Gasteiger partial charge in [-0.1, -0.05) is 0 Å². The molecule has 1 fully saturated rings. The van der Waals surface area contributed by atoms with Crippen LogP contribution < -0.4 is 10.6 Å². The van der Waals surface area contributed by atoms with E-state index >= 15 is 0 Å². The predicted molar refractivity (Wildman–Crippen MR) is 66.9 cm³/mol. The van der Waals surface area contributed by atoms with Gasteiger partial charge in [0.1, 0.15) is 17.6 Å². The number of nitrogens with zero attached hydrogens (tertiary/aromatic N) is 3. The summed E-state index contributed by atoms with van der Waals surface area (Å²) in [6, 6.07) is 3.91. The Morgan fingerprint density at radius 1 is 1.65 bits per heavy atom. The summed E-state index contributed by atoms with van der Waals surface area (Å²) in [5.41, 5.74) is 7.18. The average molecular weight is 234 g/mol. The molecule has 1 aromatic heterocycles. The normalized spacial score (nSPS) is 19.2. The number of aromatic nitrogens is 1. The van der Waals surface area contributed by atoms with Gasteiger partial charge in [-0.05, 0) is 18.9 Å². The zero-order chi connectivity index (χ0) is 12.4. The first kappa shape index (κ1) is 11.8. The molecule has 2 N–H and O–H groups in total. The lowest BCUT2D eigenvalue weighted by atomic mass is 10.2. The van der Waals surface area contributed by atoms with Crippen LogP contribution in [0.3, 0.4) is 0 Å². The smallest absolute Gasteiger partial charge is 0.132 e. The third-order valence-corrected chi connectivity index (χ3v) is 3.05. The Bertz CT molecular complexity index is 438. The third kappa shape index (κ3) is 2.22. The van der Waals surface area contributed by atoms with Crippen LogP contribution in [0.5, 0.6) is 0 Å². The fraction of sp³-hybridized carbons (Fsp3) is 0.583. The second-order valence-electron chi connectivity index (χ2n) is 4.56. The van der Waals surface area contributed by atoms with Crippen LogP contribution in [0, 0.1) is 11.3 Å². The van der Waals surface area contributed by atoms with Gasteiger partial charge in [0, 0.05) is 20.7 Å². The number of nitrogens with two attached hydrogens (primary N) is 1. The second kappa shape index (κ2) is 4.68. The molecule has 1 saturated heterocycles. The van der Waals surface area contributed by atoms with Gasteiger partial charge in [0.25, 0.3) is 0 Å². The van der Waals surface area contributed by atoms with Crippen LogP contribution in [0.2, 0.25) is 0 Å². The fourth-order valence-corrected chi connectivity index (χ4v) is 2.33. The van der Waals surface area contributed by atoms with E-state index in [0.717, 1.165) is 25.3 Å². The van der Waals surface area contributed by atoms with Gasteiger partial charge in [-0.25, -0.2) is 0 Å². The molecule has 5 nitrogen and oxygen atoms in total. The summed E-state index contributed by atoms with van der Waals surface area (Å²) in [5, 5.41) is 9.13. The summed E-state index contributed by atoms with van der Waals surface area (Å²) in [5.74, 6) is 0.886. The van der Waals surface area contributed by atoms with E-state index in [1.165, 1.54) is 0 Å². The SMILES string of the molecule is CN(C)c1c(N)cc(C#N)n1C[C@@H]1CCCO1. The van der Waals surface area contributed by atoms with E-state index in [4.69, 9.17) is 15.7 Å². The monoisotopic (exact) mass is 234 g/mol. The molecule has 0 unspecified atom stereocenters. The summed E-state index contributed by atoms with van der Waals surface area (Å²) in [4.78, 5) is 1.94. The molecule has 2 heterocycles. The summed E-state index contributed by atoms with van der Waals surface area (Å²) >= 11 is 0. The first-order valence-electron chi connectivity index (χ1n) is 5.81. The third-order valence-electron chi connectivity index (χ3n) is 3.05. The van der Waals surface area contributed by atoms with Gasteiger partial charge < -0.3 is 19.9 Å². The predicted octanol–water partition coefficient (Wildman–Crippen LogP) is 1.19. The van der Waals surface area contributed by atoms with Crippen molar-refractivity contribution in [1.82, 2.24) is 4.57 Å². The standard InChI is InChI=1S/C12H18N4O/c1-15(2)12-11(14)6-9(7-13)16(12)8-10-4-3-5-17-10/h6,10H,3-5,8,14H2,1-2H3/t10-/m0/s1. The highest BCUT2D eigenvalue weighted by Crippen LogP contribution is 2.28. The average Bonchev–Trinajstić information content (AvgIpc) is 2.86. The van der Waals surface area contributed by atoms with Crippen molar-refractivity contribution in [3.8, 4) is 6.07 Å². The molecule has 92 valence electrons. The van der Waals surface area contributed by atoms with Gasteiger partial charge in [-0.2, -0.15) is 5.26 Å². The second-order valence-corrected chi connectivity index (χ2v) is 4.56. The van der Waals surface area contributed by atoms with Crippen molar-refractivity contribution >= 4 is 11.5 Å². The highest BCUT2D eigenvalue weighted by atomic mass is 16.5. The minimum Gasteiger partial charge on any atom is -0.396 e. The van der Waals surface area contributed by atoms with Crippen LogP contribution in [0.15, 0.2) is 6.07 Å². The first-order chi connectivity index (χ1) is 8.13.